The van der Waals surface area contributed by atoms with E-state index in [1.54, 1.807) is 0 Å². The molecule has 0 bridgehead atoms. The summed E-state index contributed by atoms with van der Waals surface area (Å²) < 4.78 is 21.0. The second kappa shape index (κ2) is 6.75. The smallest absolute Gasteiger partial charge is 0.148 e. The number of rotatable bonds is 4. The molecule has 20 heavy (non-hydrogen) atoms. The fourth-order valence-corrected chi connectivity index (χ4v) is 3.94. The molecule has 0 spiro atoms. The first kappa shape index (κ1) is 16.2. The highest BCUT2D eigenvalue weighted by Crippen LogP contribution is 2.36. The van der Waals surface area contributed by atoms with E-state index < -0.39 is 5.82 Å². The molecular formula is C13H11Br2ClFNOS. The van der Waals surface area contributed by atoms with Crippen molar-refractivity contribution in [2.75, 3.05) is 0 Å². The van der Waals surface area contributed by atoms with E-state index in [4.69, 9.17) is 22.1 Å². The molecule has 0 aliphatic heterocycles. The predicted molar refractivity (Wildman–Crippen MR) is 88.1 cm³/mol. The molecule has 2 atom stereocenters. The third-order valence-electron chi connectivity index (χ3n) is 2.58. The molecule has 2 nitrogen and oxygen atoms in total. The third kappa shape index (κ3) is 3.74. The second-order valence-corrected chi connectivity index (χ2v) is 7.99. The van der Waals surface area contributed by atoms with Crippen LogP contribution in [0.1, 0.15) is 17.9 Å². The van der Waals surface area contributed by atoms with Crippen molar-refractivity contribution in [1.29, 1.82) is 0 Å². The molecule has 7 heteroatoms. The highest BCUT2D eigenvalue weighted by Gasteiger charge is 2.22. The van der Waals surface area contributed by atoms with Gasteiger partial charge in [-0.3, -0.25) is 0 Å². The van der Waals surface area contributed by atoms with Gasteiger partial charge in [-0.05, 0) is 57.0 Å². The molecule has 2 unspecified atom stereocenters. The van der Waals surface area contributed by atoms with Crippen LogP contribution in [0, 0.1) is 5.82 Å². The van der Waals surface area contributed by atoms with Gasteiger partial charge in [0.25, 0.3) is 0 Å². The van der Waals surface area contributed by atoms with Gasteiger partial charge in [-0.2, -0.15) is 0 Å². The van der Waals surface area contributed by atoms with Crippen molar-refractivity contribution in [2.45, 2.75) is 19.1 Å². The molecule has 0 radical (unpaired) electrons. The second-order valence-electron chi connectivity index (χ2n) is 4.24. The maximum atomic E-state index is 13.5. The number of nitrogens with two attached hydrogens (primary N) is 1. The summed E-state index contributed by atoms with van der Waals surface area (Å²) in [5.74, 6) is -0.153. The largest absolute Gasteiger partial charge is 0.482 e. The van der Waals surface area contributed by atoms with Crippen LogP contribution in [0.2, 0.25) is 5.02 Å². The highest BCUT2D eigenvalue weighted by molar-refractivity contribution is 9.11. The summed E-state index contributed by atoms with van der Waals surface area (Å²) in [5.41, 5.74) is 5.98. The van der Waals surface area contributed by atoms with Crippen LogP contribution in [0.15, 0.2) is 32.5 Å². The first-order chi connectivity index (χ1) is 9.38. The number of hydrogen-bond acceptors (Lipinski definition) is 3. The molecule has 0 amide bonds. The van der Waals surface area contributed by atoms with Gasteiger partial charge in [0.1, 0.15) is 17.7 Å². The van der Waals surface area contributed by atoms with Crippen molar-refractivity contribution in [3.63, 3.8) is 0 Å². The number of benzene rings is 1. The lowest BCUT2D eigenvalue weighted by Crippen LogP contribution is -2.28. The Hall–Kier alpha value is -0.140. The Morgan fingerprint density at radius 1 is 1.35 bits per heavy atom. The van der Waals surface area contributed by atoms with Gasteiger partial charge in [0.2, 0.25) is 0 Å². The van der Waals surface area contributed by atoms with Crippen LogP contribution in [0.25, 0.3) is 0 Å². The molecule has 1 aromatic carbocycles. The normalized spacial score (nSPS) is 14.1. The minimum absolute atomic E-state index is 0.0421. The third-order valence-corrected chi connectivity index (χ3v) is 5.18. The molecule has 2 rings (SSSR count). The highest BCUT2D eigenvalue weighted by atomic mass is 79.9. The zero-order valence-electron chi connectivity index (χ0n) is 10.4. The van der Waals surface area contributed by atoms with Gasteiger partial charge < -0.3 is 10.5 Å². The minimum atomic E-state index is -0.527. The van der Waals surface area contributed by atoms with Crippen LogP contribution in [-0.2, 0) is 0 Å². The van der Waals surface area contributed by atoms with Gasteiger partial charge in [0, 0.05) is 17.0 Å². The SMILES string of the molecule is CC(N)C(Oc1cc(F)c(Cl)cc1Br)c1ccc(Br)s1. The van der Waals surface area contributed by atoms with Crippen LogP contribution in [0.4, 0.5) is 4.39 Å². The first-order valence-electron chi connectivity index (χ1n) is 5.70. The Kier molecular flexibility index (Phi) is 5.48. The van der Waals surface area contributed by atoms with E-state index in [9.17, 15) is 4.39 Å². The van der Waals surface area contributed by atoms with Crippen LogP contribution in [-0.4, -0.2) is 6.04 Å². The van der Waals surface area contributed by atoms with Gasteiger partial charge in [-0.1, -0.05) is 11.6 Å². The standard InChI is InChI=1S/C13H11Br2ClFNOS/c1-6(18)13(11-2-3-12(15)20-11)19-10-5-9(17)8(16)4-7(10)14/h2-6,13H,18H2,1H3. The Labute approximate surface area is 142 Å². The van der Waals surface area contributed by atoms with E-state index in [-0.39, 0.29) is 17.2 Å². The van der Waals surface area contributed by atoms with E-state index >= 15 is 0 Å². The molecule has 0 aliphatic carbocycles. The minimum Gasteiger partial charge on any atom is -0.482 e. The summed E-state index contributed by atoms with van der Waals surface area (Å²) in [6.45, 7) is 1.85. The zero-order valence-corrected chi connectivity index (χ0v) is 15.1. The maximum Gasteiger partial charge on any atom is 0.148 e. The van der Waals surface area contributed by atoms with Gasteiger partial charge in [0.05, 0.1) is 13.3 Å². The Morgan fingerprint density at radius 3 is 2.60 bits per heavy atom. The molecule has 1 aromatic heterocycles. The van der Waals surface area contributed by atoms with E-state index in [1.807, 2.05) is 19.1 Å². The summed E-state index contributed by atoms with van der Waals surface area (Å²) in [4.78, 5) is 0.967. The Bertz CT molecular complexity index is 620. The summed E-state index contributed by atoms with van der Waals surface area (Å²) in [6, 6.07) is 6.34. The number of hydrogen-bond donors (Lipinski definition) is 1. The molecule has 2 aromatic rings. The number of ether oxygens (including phenoxy) is 1. The fraction of sp³-hybridized carbons (Fsp3) is 0.231. The average Bonchev–Trinajstić information content (AvgIpc) is 2.78. The van der Waals surface area contributed by atoms with Crippen molar-refractivity contribution in [2.24, 2.45) is 5.73 Å². The van der Waals surface area contributed by atoms with Gasteiger partial charge in [0.15, 0.2) is 0 Å². The molecule has 108 valence electrons. The fourth-order valence-electron chi connectivity index (χ4n) is 1.64. The van der Waals surface area contributed by atoms with Gasteiger partial charge in [-0.15, -0.1) is 11.3 Å². The van der Waals surface area contributed by atoms with Crippen molar-refractivity contribution in [3.05, 3.63) is 48.2 Å². The topological polar surface area (TPSA) is 35.2 Å². The Balaban J connectivity index is 2.32. The zero-order chi connectivity index (χ0) is 14.9. The van der Waals surface area contributed by atoms with E-state index in [0.717, 1.165) is 8.66 Å². The van der Waals surface area contributed by atoms with E-state index in [1.165, 1.54) is 23.5 Å². The molecular weight excluding hydrogens is 432 g/mol. The quantitative estimate of drug-likeness (QED) is 0.631. The maximum absolute atomic E-state index is 13.5. The summed E-state index contributed by atoms with van der Waals surface area (Å²) >= 11 is 14.0. The summed E-state index contributed by atoms with van der Waals surface area (Å²) in [7, 11) is 0. The number of halogens is 4. The van der Waals surface area contributed by atoms with Crippen molar-refractivity contribution in [3.8, 4) is 5.75 Å². The van der Waals surface area contributed by atoms with Crippen molar-refractivity contribution in [1.82, 2.24) is 0 Å². The monoisotopic (exact) mass is 441 g/mol. The predicted octanol–water partition coefficient (Wildman–Crippen LogP) is 5.53. The lowest BCUT2D eigenvalue weighted by molar-refractivity contribution is 0.182. The first-order valence-corrected chi connectivity index (χ1v) is 8.48. The number of thiophene rings is 1. The van der Waals surface area contributed by atoms with Gasteiger partial charge >= 0.3 is 0 Å². The molecule has 1 heterocycles. The average molecular weight is 444 g/mol. The van der Waals surface area contributed by atoms with Crippen LogP contribution >= 0.6 is 54.8 Å². The van der Waals surface area contributed by atoms with Gasteiger partial charge in [-0.25, -0.2) is 4.39 Å². The molecule has 2 N–H and O–H groups in total. The van der Waals surface area contributed by atoms with Crippen molar-refractivity contribution >= 4 is 54.8 Å². The summed E-state index contributed by atoms with van der Waals surface area (Å²) in [5, 5.41) is 0.0421. The molecule has 0 fully saturated rings. The van der Waals surface area contributed by atoms with Crippen LogP contribution < -0.4 is 10.5 Å². The Morgan fingerprint density at radius 2 is 2.05 bits per heavy atom. The lowest BCUT2D eigenvalue weighted by atomic mass is 10.1. The van der Waals surface area contributed by atoms with Crippen molar-refractivity contribution < 1.29 is 9.13 Å². The lowest BCUT2D eigenvalue weighted by Gasteiger charge is -2.22. The van der Waals surface area contributed by atoms with Crippen LogP contribution in [0.5, 0.6) is 5.75 Å². The molecule has 0 aliphatic rings. The van der Waals surface area contributed by atoms with E-state index in [0.29, 0.717) is 10.2 Å². The van der Waals surface area contributed by atoms with E-state index in [2.05, 4.69) is 31.9 Å². The molecule has 0 saturated carbocycles. The van der Waals surface area contributed by atoms with Crippen LogP contribution in [0.3, 0.4) is 0 Å². The summed E-state index contributed by atoms with van der Waals surface area (Å²) in [6.07, 6.45) is -0.358. The molecule has 0 saturated heterocycles.